The predicted molar refractivity (Wildman–Crippen MR) is 81.8 cm³/mol. The number of carboxylic acid groups (broad SMARTS) is 1. The predicted octanol–water partition coefficient (Wildman–Crippen LogP) is 3.72. The van der Waals surface area contributed by atoms with E-state index in [1.165, 1.54) is 0 Å². The van der Waals surface area contributed by atoms with Crippen molar-refractivity contribution >= 4 is 11.8 Å². The number of hydrogen-bond donors (Lipinski definition) is 1. The number of Topliss-reactive ketones (excluding diaryl/α,β-unsaturated/α-hetero) is 1. The number of aliphatic carboxylic acids is 1. The summed E-state index contributed by atoms with van der Waals surface area (Å²) in [4.78, 5) is 22.9. The van der Waals surface area contributed by atoms with Gasteiger partial charge in [0.15, 0.2) is 5.78 Å². The number of ether oxygens (including phenoxy) is 1. The largest absolute Gasteiger partial charge is 0.490 e. The van der Waals surface area contributed by atoms with Crippen molar-refractivity contribution in [3.8, 4) is 0 Å². The van der Waals surface area contributed by atoms with Crippen LogP contribution in [0.5, 0.6) is 0 Å². The van der Waals surface area contributed by atoms with Crippen LogP contribution in [0.2, 0.25) is 0 Å². The van der Waals surface area contributed by atoms with Crippen molar-refractivity contribution in [2.45, 2.75) is 59.5 Å². The van der Waals surface area contributed by atoms with Gasteiger partial charge in [-0.3, -0.25) is 9.59 Å². The topological polar surface area (TPSA) is 63.6 Å². The molecule has 0 aromatic carbocycles. The molecule has 0 spiro atoms. The van der Waals surface area contributed by atoms with Gasteiger partial charge in [0.1, 0.15) is 11.9 Å². The first-order valence-electron chi connectivity index (χ1n) is 7.65. The molecule has 1 heterocycles. The summed E-state index contributed by atoms with van der Waals surface area (Å²) in [6.07, 6.45) is 6.22. The third kappa shape index (κ3) is 5.37. The molecule has 0 aliphatic carbocycles. The summed E-state index contributed by atoms with van der Waals surface area (Å²) in [7, 11) is 0. The van der Waals surface area contributed by atoms with Crippen LogP contribution >= 0.6 is 0 Å². The fourth-order valence-electron chi connectivity index (χ4n) is 2.08. The second-order valence-corrected chi connectivity index (χ2v) is 5.88. The van der Waals surface area contributed by atoms with Crippen molar-refractivity contribution in [1.82, 2.24) is 0 Å². The molecule has 0 aromatic rings. The smallest absolute Gasteiger partial charge is 0.306 e. The van der Waals surface area contributed by atoms with Gasteiger partial charge in [0, 0.05) is 12.0 Å². The second kappa shape index (κ2) is 8.01. The minimum atomic E-state index is -0.816. The van der Waals surface area contributed by atoms with Crippen LogP contribution in [-0.2, 0) is 14.3 Å². The lowest BCUT2D eigenvalue weighted by Crippen LogP contribution is -2.24. The molecule has 4 nitrogen and oxygen atoms in total. The highest BCUT2D eigenvalue weighted by Crippen LogP contribution is 2.26. The van der Waals surface area contributed by atoms with Crippen molar-refractivity contribution in [2.24, 2.45) is 11.8 Å². The molecule has 0 aromatic heterocycles. The zero-order valence-electron chi connectivity index (χ0n) is 13.4. The van der Waals surface area contributed by atoms with Crippen molar-refractivity contribution in [3.05, 3.63) is 23.5 Å². The van der Waals surface area contributed by atoms with Crippen molar-refractivity contribution in [1.29, 1.82) is 0 Å². The Morgan fingerprint density at radius 3 is 2.71 bits per heavy atom. The molecule has 1 rings (SSSR count). The molecule has 0 radical (unpaired) electrons. The molecule has 0 unspecified atom stereocenters. The van der Waals surface area contributed by atoms with Gasteiger partial charge in [0.2, 0.25) is 0 Å². The Morgan fingerprint density at radius 2 is 2.14 bits per heavy atom. The fourth-order valence-corrected chi connectivity index (χ4v) is 2.08. The lowest BCUT2D eigenvalue weighted by atomic mass is 9.96. The zero-order chi connectivity index (χ0) is 16.0. The Bertz CT molecular complexity index is 448. The molecular formula is C17H26O4. The van der Waals surface area contributed by atoms with Crippen LogP contribution in [0.1, 0.15) is 53.4 Å². The molecule has 1 aliphatic heterocycles. The number of hydrogen-bond acceptors (Lipinski definition) is 3. The minimum Gasteiger partial charge on any atom is -0.490 e. The SMILES string of the molecule is CC[C@H](C)/C=C/[C@@H]1CC(=O)C(C)=C(CC[C@H](C)C(=O)O)O1. The molecule has 0 saturated carbocycles. The number of ketones is 1. The van der Waals surface area contributed by atoms with Gasteiger partial charge >= 0.3 is 5.97 Å². The van der Waals surface area contributed by atoms with Crippen LogP contribution in [0.3, 0.4) is 0 Å². The van der Waals surface area contributed by atoms with Gasteiger partial charge < -0.3 is 9.84 Å². The maximum absolute atomic E-state index is 12.0. The number of rotatable bonds is 7. The molecule has 1 N–H and O–H groups in total. The molecule has 21 heavy (non-hydrogen) atoms. The number of carbonyl (C=O) groups is 2. The third-order valence-corrected chi connectivity index (χ3v) is 4.04. The van der Waals surface area contributed by atoms with E-state index in [4.69, 9.17) is 9.84 Å². The number of allylic oxidation sites excluding steroid dienone is 3. The van der Waals surface area contributed by atoms with E-state index in [1.807, 2.05) is 6.08 Å². The highest BCUT2D eigenvalue weighted by molar-refractivity contribution is 5.96. The van der Waals surface area contributed by atoms with Gasteiger partial charge in [-0.15, -0.1) is 0 Å². The Hall–Kier alpha value is -1.58. The van der Waals surface area contributed by atoms with Gasteiger partial charge in [-0.1, -0.05) is 33.3 Å². The minimum absolute atomic E-state index is 0.0954. The third-order valence-electron chi connectivity index (χ3n) is 4.04. The molecule has 3 atom stereocenters. The molecule has 118 valence electrons. The number of carboxylic acids is 1. The highest BCUT2D eigenvalue weighted by atomic mass is 16.5. The lowest BCUT2D eigenvalue weighted by Gasteiger charge is -2.25. The van der Waals surface area contributed by atoms with E-state index in [0.717, 1.165) is 6.42 Å². The van der Waals surface area contributed by atoms with E-state index in [9.17, 15) is 9.59 Å². The van der Waals surface area contributed by atoms with E-state index >= 15 is 0 Å². The summed E-state index contributed by atoms with van der Waals surface area (Å²) in [5.74, 6) is -0.0361. The molecule has 0 bridgehead atoms. The summed E-state index contributed by atoms with van der Waals surface area (Å²) in [6.45, 7) is 7.67. The van der Waals surface area contributed by atoms with E-state index < -0.39 is 11.9 Å². The molecule has 0 fully saturated rings. The quantitative estimate of drug-likeness (QED) is 0.727. The maximum atomic E-state index is 12.0. The van der Waals surface area contributed by atoms with Crippen molar-refractivity contribution in [2.75, 3.05) is 0 Å². The van der Waals surface area contributed by atoms with Crippen LogP contribution in [0, 0.1) is 11.8 Å². The Kier molecular flexibility index (Phi) is 6.66. The fraction of sp³-hybridized carbons (Fsp3) is 0.647. The van der Waals surface area contributed by atoms with Crippen LogP contribution in [-0.4, -0.2) is 23.0 Å². The maximum Gasteiger partial charge on any atom is 0.306 e. The monoisotopic (exact) mass is 294 g/mol. The van der Waals surface area contributed by atoms with E-state index in [2.05, 4.69) is 19.9 Å². The van der Waals surface area contributed by atoms with Gasteiger partial charge in [0.05, 0.1) is 12.3 Å². The zero-order valence-corrected chi connectivity index (χ0v) is 13.4. The first-order chi connectivity index (χ1) is 9.85. The summed E-state index contributed by atoms with van der Waals surface area (Å²) in [6, 6.07) is 0. The van der Waals surface area contributed by atoms with E-state index in [1.54, 1.807) is 13.8 Å². The average Bonchev–Trinajstić information content (AvgIpc) is 2.45. The van der Waals surface area contributed by atoms with Gasteiger partial charge in [-0.25, -0.2) is 0 Å². The van der Waals surface area contributed by atoms with E-state index in [-0.39, 0.29) is 11.9 Å². The van der Waals surface area contributed by atoms with Crippen LogP contribution in [0.15, 0.2) is 23.5 Å². The normalized spacial score (nSPS) is 22.3. The molecule has 0 amide bonds. The van der Waals surface area contributed by atoms with Crippen LogP contribution in [0.4, 0.5) is 0 Å². The number of carbonyl (C=O) groups excluding carboxylic acids is 1. The first-order valence-corrected chi connectivity index (χ1v) is 7.65. The van der Waals surface area contributed by atoms with Gasteiger partial charge in [0.25, 0.3) is 0 Å². The first kappa shape index (κ1) is 17.5. The van der Waals surface area contributed by atoms with Crippen LogP contribution in [0.25, 0.3) is 0 Å². The van der Waals surface area contributed by atoms with Crippen molar-refractivity contribution < 1.29 is 19.4 Å². The van der Waals surface area contributed by atoms with Crippen LogP contribution < -0.4 is 0 Å². The standard InChI is InChI=1S/C17H26O4/c1-5-11(2)6-8-14-10-15(18)13(4)16(21-14)9-7-12(3)17(19)20/h6,8,11-12,14H,5,7,9-10H2,1-4H3,(H,19,20)/b8-6+/t11-,12-,14+/m0/s1. The molecular weight excluding hydrogens is 268 g/mol. The van der Waals surface area contributed by atoms with Crippen molar-refractivity contribution in [3.63, 3.8) is 0 Å². The lowest BCUT2D eigenvalue weighted by molar-refractivity contribution is -0.141. The van der Waals surface area contributed by atoms with Gasteiger partial charge in [-0.2, -0.15) is 0 Å². The Balaban J connectivity index is 2.69. The Labute approximate surface area is 126 Å². The average molecular weight is 294 g/mol. The second-order valence-electron chi connectivity index (χ2n) is 5.88. The summed E-state index contributed by atoms with van der Waals surface area (Å²) < 4.78 is 5.87. The van der Waals surface area contributed by atoms with E-state index in [0.29, 0.717) is 36.5 Å². The Morgan fingerprint density at radius 1 is 1.48 bits per heavy atom. The summed E-state index contributed by atoms with van der Waals surface area (Å²) in [5.41, 5.74) is 0.640. The molecule has 1 aliphatic rings. The molecule has 4 heteroatoms. The van der Waals surface area contributed by atoms with Gasteiger partial charge in [-0.05, 0) is 25.3 Å². The highest BCUT2D eigenvalue weighted by Gasteiger charge is 2.25. The summed E-state index contributed by atoms with van der Waals surface area (Å²) >= 11 is 0. The summed E-state index contributed by atoms with van der Waals surface area (Å²) in [5, 5.41) is 8.92. The molecule has 0 saturated heterocycles.